The summed E-state index contributed by atoms with van der Waals surface area (Å²) in [7, 11) is 0. The molecule has 0 amide bonds. The number of hydrogen-bond acceptors (Lipinski definition) is 3. The summed E-state index contributed by atoms with van der Waals surface area (Å²) in [5.41, 5.74) is 18.6. The largest absolute Gasteiger partial charge is 0.208 e. The molecule has 3 heteroatoms. The monoisotopic (exact) mass is 841 g/mol. The lowest BCUT2D eigenvalue weighted by Crippen LogP contribution is -2.01. The van der Waals surface area contributed by atoms with Gasteiger partial charge in [0.05, 0.1) is 0 Å². The topological polar surface area (TPSA) is 38.7 Å². The molecule has 11 rings (SSSR count). The zero-order valence-corrected chi connectivity index (χ0v) is 36.2. The SMILES string of the molecule is c1ccc(-c2cccc(-c3cccc(-c4ccc(-c5nc(-c6cccc(-c7ccccc7)c6)nc(-c6cc(-c7ccccc7)cc(-c7ccccc7)c6)n5)cc4-c4ccccc4)c3)c2)cc1. The van der Waals surface area contributed by atoms with Crippen molar-refractivity contribution in [3.8, 4) is 112 Å². The molecule has 66 heavy (non-hydrogen) atoms. The van der Waals surface area contributed by atoms with Gasteiger partial charge in [0.2, 0.25) is 0 Å². The molecule has 0 N–H and O–H groups in total. The van der Waals surface area contributed by atoms with Crippen molar-refractivity contribution >= 4 is 0 Å². The Bertz CT molecular complexity index is 3380. The predicted octanol–water partition coefficient (Wildman–Crippen LogP) is 16.5. The molecule has 310 valence electrons. The third-order valence-corrected chi connectivity index (χ3v) is 12.1. The highest BCUT2D eigenvalue weighted by Crippen LogP contribution is 2.39. The lowest BCUT2D eigenvalue weighted by Gasteiger charge is -2.15. The Morgan fingerprint density at radius 2 is 0.439 bits per heavy atom. The summed E-state index contributed by atoms with van der Waals surface area (Å²) in [4.78, 5) is 15.9. The Hall–Kier alpha value is -8.79. The summed E-state index contributed by atoms with van der Waals surface area (Å²) in [6, 6.07) is 92.0. The van der Waals surface area contributed by atoms with Crippen LogP contribution in [-0.4, -0.2) is 15.0 Å². The van der Waals surface area contributed by atoms with Crippen LogP contribution >= 0.6 is 0 Å². The van der Waals surface area contributed by atoms with Crippen molar-refractivity contribution in [3.63, 3.8) is 0 Å². The highest BCUT2D eigenvalue weighted by atomic mass is 15.0. The first kappa shape index (κ1) is 40.0. The van der Waals surface area contributed by atoms with Crippen LogP contribution in [0.25, 0.3) is 112 Å². The van der Waals surface area contributed by atoms with Crippen molar-refractivity contribution in [3.05, 3.63) is 261 Å². The maximum absolute atomic E-state index is 5.35. The molecule has 0 atom stereocenters. The fourth-order valence-corrected chi connectivity index (χ4v) is 8.75. The quantitative estimate of drug-likeness (QED) is 0.138. The van der Waals surface area contributed by atoms with E-state index in [-0.39, 0.29) is 0 Å². The summed E-state index contributed by atoms with van der Waals surface area (Å²) < 4.78 is 0. The van der Waals surface area contributed by atoms with Crippen molar-refractivity contribution in [2.45, 2.75) is 0 Å². The number of rotatable bonds is 10. The molecule has 0 bridgehead atoms. The Morgan fingerprint density at radius 3 is 0.909 bits per heavy atom. The lowest BCUT2D eigenvalue weighted by molar-refractivity contribution is 1.07. The smallest absolute Gasteiger partial charge is 0.164 e. The standard InChI is InChI=1S/C63H43N3/c1-6-19-44(20-7-1)49-29-16-31-51(37-49)52-32-17-33-53(38-52)59-36-35-55(43-60(59)48-27-14-5-15-28-48)62-64-61(54-34-18-30-50(39-54)45-21-8-2-9-22-45)65-63(66-62)58-41-56(46-23-10-3-11-24-46)40-57(42-58)47-25-12-4-13-26-47/h1-43H. The minimum atomic E-state index is 0.599. The molecular formula is C63H43N3. The van der Waals surface area contributed by atoms with Crippen LogP contribution in [0.2, 0.25) is 0 Å². The molecule has 11 aromatic rings. The predicted molar refractivity (Wildman–Crippen MR) is 274 cm³/mol. The van der Waals surface area contributed by atoms with E-state index in [1.807, 2.05) is 6.07 Å². The lowest BCUT2D eigenvalue weighted by atomic mass is 9.90. The third kappa shape index (κ3) is 8.49. The summed E-state index contributed by atoms with van der Waals surface area (Å²) in [6.45, 7) is 0. The number of aromatic nitrogens is 3. The van der Waals surface area contributed by atoms with Crippen LogP contribution in [0.4, 0.5) is 0 Å². The van der Waals surface area contributed by atoms with Gasteiger partial charge in [0.15, 0.2) is 17.5 Å². The first-order chi connectivity index (χ1) is 32.7. The van der Waals surface area contributed by atoms with Crippen LogP contribution < -0.4 is 0 Å². The molecular weight excluding hydrogens is 799 g/mol. The third-order valence-electron chi connectivity index (χ3n) is 12.1. The normalized spacial score (nSPS) is 11.0. The highest BCUT2D eigenvalue weighted by molar-refractivity contribution is 5.89. The van der Waals surface area contributed by atoms with Crippen molar-refractivity contribution in [2.75, 3.05) is 0 Å². The second-order valence-corrected chi connectivity index (χ2v) is 16.4. The zero-order valence-electron chi connectivity index (χ0n) is 36.2. The minimum absolute atomic E-state index is 0.599. The van der Waals surface area contributed by atoms with Crippen LogP contribution in [0, 0.1) is 0 Å². The molecule has 0 saturated heterocycles. The number of benzene rings is 10. The average Bonchev–Trinajstić information content (AvgIpc) is 3.42. The molecule has 0 fully saturated rings. The van der Waals surface area contributed by atoms with Crippen molar-refractivity contribution in [2.24, 2.45) is 0 Å². The van der Waals surface area contributed by atoms with Gasteiger partial charge < -0.3 is 0 Å². The maximum Gasteiger partial charge on any atom is 0.164 e. The molecule has 0 aliphatic rings. The van der Waals surface area contributed by atoms with Crippen LogP contribution in [0.3, 0.4) is 0 Å². The molecule has 0 spiro atoms. The Balaban J connectivity index is 1.08. The van der Waals surface area contributed by atoms with Gasteiger partial charge in [-0.05, 0) is 120 Å². The van der Waals surface area contributed by atoms with Gasteiger partial charge in [-0.3, -0.25) is 0 Å². The van der Waals surface area contributed by atoms with Gasteiger partial charge >= 0.3 is 0 Å². The van der Waals surface area contributed by atoms with Crippen LogP contribution in [-0.2, 0) is 0 Å². The molecule has 1 aromatic heterocycles. The van der Waals surface area contributed by atoms with Gasteiger partial charge in [-0.25, -0.2) is 15.0 Å². The van der Waals surface area contributed by atoms with E-state index < -0.39 is 0 Å². The fourth-order valence-electron chi connectivity index (χ4n) is 8.75. The Kier molecular flexibility index (Phi) is 11.0. The molecule has 0 radical (unpaired) electrons. The molecule has 0 aliphatic carbocycles. The van der Waals surface area contributed by atoms with Gasteiger partial charge in [0, 0.05) is 16.7 Å². The Morgan fingerprint density at radius 1 is 0.152 bits per heavy atom. The van der Waals surface area contributed by atoms with E-state index in [1.165, 1.54) is 16.7 Å². The molecule has 10 aromatic carbocycles. The van der Waals surface area contributed by atoms with Crippen molar-refractivity contribution in [1.82, 2.24) is 15.0 Å². The summed E-state index contributed by atoms with van der Waals surface area (Å²) in [6.07, 6.45) is 0. The second-order valence-electron chi connectivity index (χ2n) is 16.4. The second kappa shape index (κ2) is 18.1. The summed E-state index contributed by atoms with van der Waals surface area (Å²) >= 11 is 0. The van der Waals surface area contributed by atoms with E-state index in [0.29, 0.717) is 17.5 Å². The summed E-state index contributed by atoms with van der Waals surface area (Å²) in [5, 5.41) is 0. The summed E-state index contributed by atoms with van der Waals surface area (Å²) in [5.74, 6) is 1.81. The van der Waals surface area contributed by atoms with Gasteiger partial charge in [0.25, 0.3) is 0 Å². The van der Waals surface area contributed by atoms with Gasteiger partial charge in [-0.1, -0.05) is 218 Å². The van der Waals surface area contributed by atoms with Gasteiger partial charge in [0.1, 0.15) is 0 Å². The van der Waals surface area contributed by atoms with E-state index >= 15 is 0 Å². The average molecular weight is 842 g/mol. The van der Waals surface area contributed by atoms with Crippen LogP contribution in [0.1, 0.15) is 0 Å². The van der Waals surface area contributed by atoms with Gasteiger partial charge in [-0.15, -0.1) is 0 Å². The van der Waals surface area contributed by atoms with E-state index in [1.54, 1.807) is 0 Å². The number of hydrogen-bond donors (Lipinski definition) is 0. The molecule has 0 aliphatic heterocycles. The first-order valence-corrected chi connectivity index (χ1v) is 22.3. The van der Waals surface area contributed by atoms with E-state index in [0.717, 1.165) is 77.9 Å². The van der Waals surface area contributed by atoms with Crippen molar-refractivity contribution in [1.29, 1.82) is 0 Å². The molecule has 0 saturated carbocycles. The highest BCUT2D eigenvalue weighted by Gasteiger charge is 2.18. The van der Waals surface area contributed by atoms with Crippen LogP contribution in [0.15, 0.2) is 261 Å². The first-order valence-electron chi connectivity index (χ1n) is 22.3. The van der Waals surface area contributed by atoms with Crippen molar-refractivity contribution < 1.29 is 0 Å². The Labute approximate surface area is 386 Å². The van der Waals surface area contributed by atoms with E-state index in [4.69, 9.17) is 15.0 Å². The van der Waals surface area contributed by atoms with E-state index in [2.05, 4.69) is 255 Å². The molecule has 1 heterocycles. The zero-order chi connectivity index (χ0) is 44.1. The minimum Gasteiger partial charge on any atom is -0.208 e. The fraction of sp³-hybridized carbons (Fsp3) is 0. The molecule has 0 unspecified atom stereocenters. The maximum atomic E-state index is 5.35. The van der Waals surface area contributed by atoms with E-state index in [9.17, 15) is 0 Å². The van der Waals surface area contributed by atoms with Gasteiger partial charge in [-0.2, -0.15) is 0 Å². The molecule has 3 nitrogen and oxygen atoms in total. The number of nitrogens with zero attached hydrogens (tertiary/aromatic N) is 3. The van der Waals surface area contributed by atoms with Crippen LogP contribution in [0.5, 0.6) is 0 Å².